The van der Waals surface area contributed by atoms with Crippen LogP contribution in [0.5, 0.6) is 5.75 Å². The lowest BCUT2D eigenvalue weighted by Gasteiger charge is -2.34. The molecule has 0 spiro atoms. The van der Waals surface area contributed by atoms with Gasteiger partial charge in [-0.3, -0.25) is 13.9 Å². The van der Waals surface area contributed by atoms with E-state index in [-0.39, 0.29) is 30.6 Å². The van der Waals surface area contributed by atoms with Gasteiger partial charge in [0.05, 0.1) is 19.1 Å². The van der Waals surface area contributed by atoms with Gasteiger partial charge in [0, 0.05) is 25.1 Å². The zero-order valence-electron chi connectivity index (χ0n) is 23.3. The molecule has 1 aliphatic carbocycles. The van der Waals surface area contributed by atoms with Gasteiger partial charge in [0.25, 0.3) is 0 Å². The standard InChI is InChI=1S/C31H36FN3O5S/c1-40-28-14-8-13-27(20-28)35(41(2,38)39)22-30(36)34(21-24-15-17-25(32)18-16-24)29(19-23-9-4-3-5-10-23)31(37)33-26-11-6-7-12-26/h3-5,8-10,13-18,20,26,29H,6-7,11-12,19,21-22H2,1-2H3,(H,33,37). The quantitative estimate of drug-likeness (QED) is 0.344. The van der Waals surface area contributed by atoms with Crippen LogP contribution in [0.3, 0.4) is 0 Å². The highest BCUT2D eigenvalue weighted by Gasteiger charge is 2.34. The Morgan fingerprint density at radius 3 is 2.29 bits per heavy atom. The number of nitrogens with zero attached hydrogens (tertiary/aromatic N) is 2. The molecule has 8 nitrogen and oxygen atoms in total. The number of anilines is 1. The minimum atomic E-state index is -3.89. The van der Waals surface area contributed by atoms with E-state index in [1.807, 2.05) is 30.3 Å². The van der Waals surface area contributed by atoms with Gasteiger partial charge < -0.3 is 15.0 Å². The summed E-state index contributed by atoms with van der Waals surface area (Å²) in [5.41, 5.74) is 1.72. The third-order valence-corrected chi connectivity index (χ3v) is 8.40. The number of carbonyl (C=O) groups is 2. The highest BCUT2D eigenvalue weighted by molar-refractivity contribution is 7.92. The first-order chi connectivity index (χ1) is 19.6. The molecule has 10 heteroatoms. The van der Waals surface area contributed by atoms with E-state index in [4.69, 9.17) is 4.74 Å². The second-order valence-corrected chi connectivity index (χ2v) is 12.2. The maximum atomic E-state index is 14.1. The first-order valence-electron chi connectivity index (χ1n) is 13.6. The van der Waals surface area contributed by atoms with Crippen molar-refractivity contribution in [3.8, 4) is 5.75 Å². The molecule has 41 heavy (non-hydrogen) atoms. The number of nitrogens with one attached hydrogen (secondary N) is 1. The van der Waals surface area contributed by atoms with Crippen LogP contribution in [0.4, 0.5) is 10.1 Å². The van der Waals surface area contributed by atoms with E-state index in [9.17, 15) is 22.4 Å². The summed E-state index contributed by atoms with van der Waals surface area (Å²) in [6, 6.07) is 20.6. The number of methoxy groups -OCH3 is 1. The number of halogens is 1. The molecule has 1 saturated carbocycles. The summed E-state index contributed by atoms with van der Waals surface area (Å²) in [7, 11) is -2.42. The van der Waals surface area contributed by atoms with Gasteiger partial charge in [0.1, 0.15) is 24.2 Å². The van der Waals surface area contributed by atoms with Crippen LogP contribution >= 0.6 is 0 Å². The van der Waals surface area contributed by atoms with Crippen LogP contribution < -0.4 is 14.4 Å². The van der Waals surface area contributed by atoms with E-state index in [1.54, 1.807) is 30.3 Å². The van der Waals surface area contributed by atoms with Crippen LogP contribution in [0.1, 0.15) is 36.8 Å². The van der Waals surface area contributed by atoms with Crippen molar-refractivity contribution in [2.24, 2.45) is 0 Å². The summed E-state index contributed by atoms with van der Waals surface area (Å²) >= 11 is 0. The number of sulfonamides is 1. The maximum absolute atomic E-state index is 14.1. The highest BCUT2D eigenvalue weighted by atomic mass is 32.2. The fourth-order valence-electron chi connectivity index (χ4n) is 5.09. The average molecular weight is 582 g/mol. The van der Waals surface area contributed by atoms with Gasteiger partial charge in [-0.1, -0.05) is 61.4 Å². The van der Waals surface area contributed by atoms with Crippen molar-refractivity contribution in [2.45, 2.75) is 50.7 Å². The van der Waals surface area contributed by atoms with Gasteiger partial charge in [-0.05, 0) is 48.2 Å². The Labute approximate surface area is 241 Å². The Kier molecular flexibility index (Phi) is 9.99. The molecule has 1 atom stereocenters. The molecule has 0 bridgehead atoms. The number of amides is 2. The molecule has 0 aromatic heterocycles. The van der Waals surface area contributed by atoms with E-state index in [2.05, 4.69) is 5.32 Å². The van der Waals surface area contributed by atoms with Crippen molar-refractivity contribution in [1.82, 2.24) is 10.2 Å². The fourth-order valence-corrected chi connectivity index (χ4v) is 5.93. The number of ether oxygens (including phenoxy) is 1. The Balaban J connectivity index is 1.72. The lowest BCUT2D eigenvalue weighted by Crippen LogP contribution is -2.54. The van der Waals surface area contributed by atoms with Crippen molar-refractivity contribution < 1.29 is 27.1 Å². The molecule has 0 saturated heterocycles. The largest absolute Gasteiger partial charge is 0.497 e. The molecule has 3 aromatic rings. The molecule has 1 fully saturated rings. The molecule has 0 radical (unpaired) electrons. The molecular formula is C31H36FN3O5S. The number of benzene rings is 3. The third kappa shape index (κ3) is 8.29. The fraction of sp³-hybridized carbons (Fsp3) is 0.355. The molecule has 2 amide bonds. The monoisotopic (exact) mass is 581 g/mol. The molecule has 1 unspecified atom stereocenters. The lowest BCUT2D eigenvalue weighted by atomic mass is 10.0. The predicted molar refractivity (Wildman–Crippen MR) is 156 cm³/mol. The predicted octanol–water partition coefficient (Wildman–Crippen LogP) is 4.30. The van der Waals surface area contributed by atoms with Crippen molar-refractivity contribution in [3.63, 3.8) is 0 Å². The molecule has 0 aliphatic heterocycles. The van der Waals surface area contributed by atoms with E-state index in [0.29, 0.717) is 11.3 Å². The van der Waals surface area contributed by atoms with Gasteiger partial charge in [0.15, 0.2) is 0 Å². The Hall–Kier alpha value is -3.92. The number of rotatable bonds is 12. The Morgan fingerprint density at radius 2 is 1.66 bits per heavy atom. The molecular weight excluding hydrogens is 545 g/mol. The van der Waals surface area contributed by atoms with E-state index >= 15 is 0 Å². The molecule has 218 valence electrons. The van der Waals surface area contributed by atoms with Gasteiger partial charge >= 0.3 is 0 Å². The molecule has 4 rings (SSSR count). The molecule has 3 aromatic carbocycles. The van der Waals surface area contributed by atoms with Crippen LogP contribution in [-0.4, -0.2) is 57.1 Å². The highest BCUT2D eigenvalue weighted by Crippen LogP contribution is 2.25. The summed E-state index contributed by atoms with van der Waals surface area (Å²) in [6.45, 7) is -0.542. The summed E-state index contributed by atoms with van der Waals surface area (Å²) in [5, 5.41) is 3.12. The van der Waals surface area contributed by atoms with Crippen molar-refractivity contribution in [1.29, 1.82) is 0 Å². The molecule has 1 N–H and O–H groups in total. The normalized spacial score (nSPS) is 14.3. The van der Waals surface area contributed by atoms with Gasteiger partial charge in [-0.25, -0.2) is 12.8 Å². The van der Waals surface area contributed by atoms with E-state index < -0.39 is 34.3 Å². The van der Waals surface area contributed by atoms with Crippen LogP contribution in [0.2, 0.25) is 0 Å². The van der Waals surface area contributed by atoms with Crippen LogP contribution in [0, 0.1) is 5.82 Å². The SMILES string of the molecule is COc1cccc(N(CC(=O)N(Cc2ccc(F)cc2)C(Cc2ccccc2)C(=O)NC2CCCC2)S(C)(=O)=O)c1. The van der Waals surface area contributed by atoms with Gasteiger partial charge in [-0.15, -0.1) is 0 Å². The first-order valence-corrected chi connectivity index (χ1v) is 15.5. The summed E-state index contributed by atoms with van der Waals surface area (Å²) < 4.78 is 45.8. The number of hydrogen-bond acceptors (Lipinski definition) is 5. The zero-order chi connectivity index (χ0) is 29.4. The average Bonchev–Trinajstić information content (AvgIpc) is 3.47. The minimum absolute atomic E-state index is 0.00951. The third-order valence-electron chi connectivity index (χ3n) is 7.26. The van der Waals surface area contributed by atoms with Crippen molar-refractivity contribution in [3.05, 3.63) is 95.8 Å². The minimum Gasteiger partial charge on any atom is -0.497 e. The maximum Gasteiger partial charge on any atom is 0.244 e. The van der Waals surface area contributed by atoms with Crippen LogP contribution in [-0.2, 0) is 32.6 Å². The Bertz CT molecular complexity index is 1430. The zero-order valence-corrected chi connectivity index (χ0v) is 24.1. The second kappa shape index (κ2) is 13.6. The van der Waals surface area contributed by atoms with Gasteiger partial charge in [0.2, 0.25) is 21.8 Å². The Morgan fingerprint density at radius 1 is 0.976 bits per heavy atom. The lowest BCUT2D eigenvalue weighted by molar-refractivity contribution is -0.140. The first kappa shape index (κ1) is 30.0. The smallest absolute Gasteiger partial charge is 0.244 e. The molecule has 1 aliphatic rings. The topological polar surface area (TPSA) is 96.0 Å². The van der Waals surface area contributed by atoms with Crippen molar-refractivity contribution >= 4 is 27.5 Å². The molecule has 0 heterocycles. The van der Waals surface area contributed by atoms with Crippen molar-refractivity contribution in [2.75, 3.05) is 24.2 Å². The van der Waals surface area contributed by atoms with Crippen LogP contribution in [0.15, 0.2) is 78.9 Å². The number of carbonyl (C=O) groups excluding carboxylic acids is 2. The summed E-state index contributed by atoms with van der Waals surface area (Å²) in [6.07, 6.45) is 5.04. The summed E-state index contributed by atoms with van der Waals surface area (Å²) in [5.74, 6) is -0.856. The van der Waals surface area contributed by atoms with Gasteiger partial charge in [-0.2, -0.15) is 0 Å². The summed E-state index contributed by atoms with van der Waals surface area (Å²) in [4.78, 5) is 29.3. The van der Waals surface area contributed by atoms with E-state index in [1.165, 1.54) is 30.2 Å². The van der Waals surface area contributed by atoms with E-state index in [0.717, 1.165) is 41.8 Å². The number of hydrogen-bond donors (Lipinski definition) is 1. The second-order valence-electron chi connectivity index (χ2n) is 10.3. The van der Waals surface area contributed by atoms with Crippen LogP contribution in [0.25, 0.3) is 0 Å².